The Balaban J connectivity index is 0.00000320. The maximum Gasteiger partial charge on any atom is 0.254 e. The van der Waals surface area contributed by atoms with Crippen LogP contribution in [0.5, 0.6) is 0 Å². The van der Waals surface area contributed by atoms with Crippen molar-refractivity contribution in [2.24, 2.45) is 11.7 Å². The third-order valence-corrected chi connectivity index (χ3v) is 7.03. The third-order valence-electron chi connectivity index (χ3n) is 6.79. The number of benzene rings is 3. The standard InChI is InChI=1S/C30H31ClN4O.ClH/c1-20-8-10-23(11-9-20)30(36)35(17-5-16-32)29(22-12-13-22)28-27(18-21-6-3-2-4-7-21)33-25-15-14-24(31)19-26(25)34-28;/h2-4,6-11,14-15,19,22,29H,5,12-13,16-18,32H2,1H3;1H. The number of hydrogen-bond acceptors (Lipinski definition) is 4. The molecule has 0 radical (unpaired) electrons. The van der Waals surface area contributed by atoms with E-state index in [1.54, 1.807) is 0 Å². The van der Waals surface area contributed by atoms with E-state index in [0.717, 1.165) is 52.8 Å². The van der Waals surface area contributed by atoms with Gasteiger partial charge in [0.1, 0.15) is 0 Å². The SMILES string of the molecule is Cc1ccc(C(=O)N(CCCN)C(c2nc3cc(Cl)ccc3nc2Cc2ccccc2)C2CC2)cc1.Cl. The minimum Gasteiger partial charge on any atom is -0.330 e. The van der Waals surface area contributed by atoms with Crippen LogP contribution in [-0.4, -0.2) is 33.9 Å². The van der Waals surface area contributed by atoms with Gasteiger partial charge in [0.25, 0.3) is 5.91 Å². The Kier molecular flexibility index (Phi) is 8.80. The molecular formula is C30H32Cl2N4O. The Hall–Kier alpha value is -2.99. The number of halogens is 2. The number of amides is 1. The van der Waals surface area contributed by atoms with Crippen LogP contribution in [0.4, 0.5) is 0 Å². The van der Waals surface area contributed by atoms with Gasteiger partial charge in [-0.05, 0) is 74.5 Å². The molecule has 1 aromatic heterocycles. The van der Waals surface area contributed by atoms with Gasteiger partial charge in [-0.15, -0.1) is 12.4 Å². The number of carbonyl (C=O) groups is 1. The zero-order chi connectivity index (χ0) is 25.1. The molecule has 0 aliphatic heterocycles. The van der Waals surface area contributed by atoms with Gasteiger partial charge in [-0.1, -0.05) is 59.6 Å². The molecule has 1 saturated carbocycles. The van der Waals surface area contributed by atoms with Crippen LogP contribution in [0.1, 0.15) is 58.2 Å². The van der Waals surface area contributed by atoms with Gasteiger partial charge in [-0.25, -0.2) is 9.97 Å². The van der Waals surface area contributed by atoms with E-state index in [4.69, 9.17) is 27.3 Å². The summed E-state index contributed by atoms with van der Waals surface area (Å²) in [5.74, 6) is 0.358. The van der Waals surface area contributed by atoms with E-state index in [1.807, 2.05) is 72.5 Å². The second kappa shape index (κ2) is 12.0. The summed E-state index contributed by atoms with van der Waals surface area (Å²) in [6, 6.07) is 23.5. The van der Waals surface area contributed by atoms with Crippen LogP contribution in [-0.2, 0) is 6.42 Å². The zero-order valence-corrected chi connectivity index (χ0v) is 22.5. The first-order valence-corrected chi connectivity index (χ1v) is 13.0. The van der Waals surface area contributed by atoms with Crippen molar-refractivity contribution in [1.29, 1.82) is 0 Å². The molecule has 7 heteroatoms. The molecule has 1 fully saturated rings. The van der Waals surface area contributed by atoms with Gasteiger partial charge in [-0.3, -0.25) is 4.79 Å². The van der Waals surface area contributed by atoms with Crippen LogP contribution in [0.2, 0.25) is 5.02 Å². The second-order valence-corrected chi connectivity index (χ2v) is 10.1. The molecule has 1 heterocycles. The summed E-state index contributed by atoms with van der Waals surface area (Å²) in [7, 11) is 0. The number of fused-ring (bicyclic) bond motifs is 1. The fourth-order valence-electron chi connectivity index (χ4n) is 4.76. The molecule has 1 aliphatic carbocycles. The highest BCUT2D eigenvalue weighted by atomic mass is 35.5. The number of nitrogens with zero attached hydrogens (tertiary/aromatic N) is 3. The maximum absolute atomic E-state index is 13.9. The Bertz CT molecular complexity index is 1360. The molecule has 5 rings (SSSR count). The molecule has 1 aliphatic rings. The first-order valence-electron chi connectivity index (χ1n) is 12.6. The minimum absolute atomic E-state index is 0. The molecule has 4 aromatic rings. The van der Waals surface area contributed by atoms with Crippen molar-refractivity contribution in [1.82, 2.24) is 14.9 Å². The maximum atomic E-state index is 13.9. The molecule has 0 spiro atoms. The number of rotatable bonds is 9. The Morgan fingerprint density at radius 3 is 2.43 bits per heavy atom. The van der Waals surface area contributed by atoms with E-state index in [9.17, 15) is 4.79 Å². The average molecular weight is 536 g/mol. The van der Waals surface area contributed by atoms with Crippen LogP contribution < -0.4 is 5.73 Å². The van der Waals surface area contributed by atoms with Gasteiger partial charge in [0.05, 0.1) is 28.5 Å². The monoisotopic (exact) mass is 534 g/mol. The topological polar surface area (TPSA) is 72.1 Å². The Labute approximate surface area is 229 Å². The molecule has 0 bridgehead atoms. The summed E-state index contributed by atoms with van der Waals surface area (Å²) < 4.78 is 0. The van der Waals surface area contributed by atoms with Gasteiger partial charge in [0.15, 0.2) is 0 Å². The highest BCUT2D eigenvalue weighted by Gasteiger charge is 2.41. The van der Waals surface area contributed by atoms with E-state index in [-0.39, 0.29) is 24.4 Å². The van der Waals surface area contributed by atoms with Crippen LogP contribution >= 0.6 is 24.0 Å². The molecular weight excluding hydrogens is 503 g/mol. The molecule has 5 nitrogen and oxygen atoms in total. The first kappa shape index (κ1) is 27.1. The largest absolute Gasteiger partial charge is 0.330 e. The van der Waals surface area contributed by atoms with Crippen molar-refractivity contribution < 1.29 is 4.79 Å². The number of aryl methyl sites for hydroxylation is 1. The van der Waals surface area contributed by atoms with Crippen LogP contribution in [0, 0.1) is 12.8 Å². The summed E-state index contributed by atoms with van der Waals surface area (Å²) in [5.41, 5.74) is 12.2. The van der Waals surface area contributed by atoms with Crippen LogP contribution in [0.3, 0.4) is 0 Å². The predicted molar refractivity (Wildman–Crippen MR) is 152 cm³/mol. The van der Waals surface area contributed by atoms with Crippen LogP contribution in [0.15, 0.2) is 72.8 Å². The van der Waals surface area contributed by atoms with Gasteiger partial charge in [-0.2, -0.15) is 0 Å². The molecule has 1 unspecified atom stereocenters. The van der Waals surface area contributed by atoms with E-state index in [0.29, 0.717) is 36.0 Å². The summed E-state index contributed by atoms with van der Waals surface area (Å²) in [6.45, 7) is 3.12. The number of nitrogens with two attached hydrogens (primary N) is 1. The number of carbonyl (C=O) groups excluding carboxylic acids is 1. The molecule has 1 atom stereocenters. The molecule has 2 N–H and O–H groups in total. The molecule has 1 amide bonds. The summed E-state index contributed by atoms with van der Waals surface area (Å²) in [5, 5.41) is 0.622. The average Bonchev–Trinajstić information content (AvgIpc) is 3.72. The predicted octanol–water partition coefficient (Wildman–Crippen LogP) is 6.55. The lowest BCUT2D eigenvalue weighted by Crippen LogP contribution is -2.38. The van der Waals surface area contributed by atoms with Crippen molar-refractivity contribution in [3.05, 3.63) is 106 Å². The highest BCUT2D eigenvalue weighted by Crippen LogP contribution is 2.46. The van der Waals surface area contributed by atoms with E-state index >= 15 is 0 Å². The first-order chi connectivity index (χ1) is 17.5. The molecule has 0 saturated heterocycles. The fraction of sp³-hybridized carbons (Fsp3) is 0.300. The van der Waals surface area contributed by atoms with Crippen LogP contribution in [0.25, 0.3) is 11.0 Å². The Morgan fingerprint density at radius 2 is 1.76 bits per heavy atom. The van der Waals surface area contributed by atoms with Gasteiger partial charge in [0.2, 0.25) is 0 Å². The lowest BCUT2D eigenvalue weighted by atomic mass is 9.98. The van der Waals surface area contributed by atoms with Crippen molar-refractivity contribution in [2.45, 2.75) is 38.6 Å². The van der Waals surface area contributed by atoms with Crippen molar-refractivity contribution in [3.63, 3.8) is 0 Å². The second-order valence-electron chi connectivity index (χ2n) is 9.64. The summed E-state index contributed by atoms with van der Waals surface area (Å²) in [6.07, 6.45) is 3.49. The highest BCUT2D eigenvalue weighted by molar-refractivity contribution is 6.31. The number of aromatic nitrogens is 2. The smallest absolute Gasteiger partial charge is 0.254 e. The van der Waals surface area contributed by atoms with Gasteiger partial charge >= 0.3 is 0 Å². The summed E-state index contributed by atoms with van der Waals surface area (Å²) in [4.78, 5) is 26.1. The minimum atomic E-state index is -0.167. The van der Waals surface area contributed by atoms with E-state index in [1.165, 1.54) is 0 Å². The van der Waals surface area contributed by atoms with Gasteiger partial charge < -0.3 is 10.6 Å². The van der Waals surface area contributed by atoms with Crippen molar-refractivity contribution in [2.75, 3.05) is 13.1 Å². The van der Waals surface area contributed by atoms with Crippen molar-refractivity contribution >= 4 is 40.9 Å². The molecule has 192 valence electrons. The molecule has 3 aromatic carbocycles. The number of hydrogen-bond donors (Lipinski definition) is 1. The Morgan fingerprint density at radius 1 is 1.03 bits per heavy atom. The fourth-order valence-corrected chi connectivity index (χ4v) is 4.93. The van der Waals surface area contributed by atoms with E-state index in [2.05, 4.69) is 12.1 Å². The third kappa shape index (κ3) is 6.30. The van der Waals surface area contributed by atoms with Crippen molar-refractivity contribution in [3.8, 4) is 0 Å². The lowest BCUT2D eigenvalue weighted by Gasteiger charge is -2.33. The lowest BCUT2D eigenvalue weighted by molar-refractivity contribution is 0.0644. The summed E-state index contributed by atoms with van der Waals surface area (Å²) >= 11 is 6.32. The zero-order valence-electron chi connectivity index (χ0n) is 20.9. The molecule has 37 heavy (non-hydrogen) atoms. The van der Waals surface area contributed by atoms with E-state index < -0.39 is 0 Å². The quantitative estimate of drug-likeness (QED) is 0.264. The van der Waals surface area contributed by atoms with Gasteiger partial charge in [0, 0.05) is 23.6 Å². The normalized spacial score (nSPS) is 13.7.